The summed E-state index contributed by atoms with van der Waals surface area (Å²) in [4.78, 5) is 23.2. The first-order valence-electron chi connectivity index (χ1n) is 6.08. The van der Waals surface area contributed by atoms with Crippen LogP contribution in [0.25, 0.3) is 0 Å². The molecule has 0 aromatic heterocycles. The van der Waals surface area contributed by atoms with Crippen molar-refractivity contribution in [3.63, 3.8) is 0 Å². The van der Waals surface area contributed by atoms with Crippen LogP contribution in [0.4, 0.5) is 0 Å². The van der Waals surface area contributed by atoms with Crippen molar-refractivity contribution in [2.75, 3.05) is 6.54 Å². The Hall–Kier alpha value is -1.36. The van der Waals surface area contributed by atoms with Gasteiger partial charge in [0.2, 0.25) is 0 Å². The van der Waals surface area contributed by atoms with E-state index >= 15 is 0 Å². The molecule has 0 heterocycles. The topological polar surface area (TPSA) is 66.4 Å². The largest absolute Gasteiger partial charge is 0.481 e. The van der Waals surface area contributed by atoms with Crippen molar-refractivity contribution >= 4 is 27.8 Å². The molecular weight excluding hydrogens is 310 g/mol. The van der Waals surface area contributed by atoms with Crippen LogP contribution < -0.4 is 5.32 Å². The molecule has 1 aromatic rings. The highest BCUT2D eigenvalue weighted by Gasteiger charge is 2.31. The molecule has 1 rings (SSSR count). The Morgan fingerprint density at radius 1 is 1.42 bits per heavy atom. The maximum atomic E-state index is 12.1. The van der Waals surface area contributed by atoms with Gasteiger partial charge in [-0.25, -0.2) is 0 Å². The van der Waals surface area contributed by atoms with Crippen LogP contribution in [0.1, 0.15) is 36.2 Å². The maximum absolute atomic E-state index is 12.1. The predicted octanol–water partition coefficient (Wildman–Crippen LogP) is 2.99. The Morgan fingerprint density at radius 3 is 2.58 bits per heavy atom. The van der Waals surface area contributed by atoms with E-state index in [1.165, 1.54) is 0 Å². The van der Waals surface area contributed by atoms with E-state index in [1.54, 1.807) is 19.9 Å². The van der Waals surface area contributed by atoms with E-state index in [1.807, 2.05) is 19.1 Å². The summed E-state index contributed by atoms with van der Waals surface area (Å²) < 4.78 is 0.819. The number of carboxylic acids is 1. The van der Waals surface area contributed by atoms with E-state index in [2.05, 4.69) is 21.2 Å². The number of rotatable bonds is 5. The van der Waals surface area contributed by atoms with E-state index in [4.69, 9.17) is 5.11 Å². The summed E-state index contributed by atoms with van der Waals surface area (Å²) in [5.41, 5.74) is 0.475. The lowest BCUT2D eigenvalue weighted by atomic mass is 9.87. The van der Waals surface area contributed by atoms with Gasteiger partial charge in [-0.3, -0.25) is 9.59 Å². The third-order valence-corrected chi connectivity index (χ3v) is 3.87. The van der Waals surface area contributed by atoms with E-state index in [9.17, 15) is 9.59 Å². The quantitative estimate of drug-likeness (QED) is 0.873. The molecule has 1 atom stereocenters. The number of aryl methyl sites for hydroxylation is 1. The first-order valence-corrected chi connectivity index (χ1v) is 6.87. The van der Waals surface area contributed by atoms with E-state index in [-0.39, 0.29) is 12.5 Å². The van der Waals surface area contributed by atoms with Gasteiger partial charge in [0.25, 0.3) is 5.91 Å². The second-order valence-corrected chi connectivity index (χ2v) is 5.78. The lowest BCUT2D eigenvalue weighted by Crippen LogP contribution is -2.40. The van der Waals surface area contributed by atoms with Crippen LogP contribution in [0.3, 0.4) is 0 Å². The second kappa shape index (κ2) is 6.19. The second-order valence-electron chi connectivity index (χ2n) is 4.86. The number of benzene rings is 1. The number of carbonyl (C=O) groups is 2. The summed E-state index contributed by atoms with van der Waals surface area (Å²) in [7, 11) is 0. The molecule has 0 spiro atoms. The third-order valence-electron chi connectivity index (χ3n) is 3.38. The molecule has 0 saturated carbocycles. The van der Waals surface area contributed by atoms with Crippen molar-refractivity contribution in [3.8, 4) is 0 Å². The Balaban J connectivity index is 2.81. The van der Waals surface area contributed by atoms with E-state index < -0.39 is 11.4 Å². The highest BCUT2D eigenvalue weighted by Crippen LogP contribution is 2.21. The van der Waals surface area contributed by atoms with Crippen LogP contribution in [0, 0.1) is 12.3 Å². The fraction of sp³-hybridized carbons (Fsp3) is 0.429. The minimum Gasteiger partial charge on any atom is -0.481 e. The van der Waals surface area contributed by atoms with Crippen LogP contribution in [0.15, 0.2) is 22.7 Å². The number of carboxylic acid groups (broad SMARTS) is 1. The number of aliphatic carboxylic acids is 1. The van der Waals surface area contributed by atoms with Crippen molar-refractivity contribution in [1.29, 1.82) is 0 Å². The number of hydrogen-bond donors (Lipinski definition) is 2. The van der Waals surface area contributed by atoms with Crippen molar-refractivity contribution in [3.05, 3.63) is 33.8 Å². The van der Waals surface area contributed by atoms with Gasteiger partial charge in [-0.1, -0.05) is 28.9 Å². The van der Waals surface area contributed by atoms with Crippen molar-refractivity contribution in [2.24, 2.45) is 5.41 Å². The summed E-state index contributed by atoms with van der Waals surface area (Å²) in [6.07, 6.45) is 0.458. The number of nitrogens with one attached hydrogen (secondary N) is 1. The molecule has 104 valence electrons. The van der Waals surface area contributed by atoms with Crippen LogP contribution in [0.5, 0.6) is 0 Å². The Kier molecular flexibility index (Phi) is 5.11. The van der Waals surface area contributed by atoms with Gasteiger partial charge < -0.3 is 10.4 Å². The first-order chi connectivity index (χ1) is 8.80. The van der Waals surface area contributed by atoms with Gasteiger partial charge >= 0.3 is 5.97 Å². The number of hydrogen-bond acceptors (Lipinski definition) is 2. The lowest BCUT2D eigenvalue weighted by molar-refractivity contribution is -0.147. The van der Waals surface area contributed by atoms with Crippen molar-refractivity contribution < 1.29 is 14.7 Å². The SMILES string of the molecule is CCC(C)(CNC(=O)c1cc(Br)ccc1C)C(=O)O. The molecule has 0 radical (unpaired) electrons. The fourth-order valence-electron chi connectivity index (χ4n) is 1.56. The Bertz CT molecular complexity index is 501. The monoisotopic (exact) mass is 327 g/mol. The molecule has 0 aliphatic rings. The fourth-order valence-corrected chi connectivity index (χ4v) is 1.92. The Labute approximate surface area is 121 Å². The highest BCUT2D eigenvalue weighted by atomic mass is 79.9. The molecule has 19 heavy (non-hydrogen) atoms. The molecule has 5 heteroatoms. The molecule has 0 aliphatic carbocycles. The molecule has 0 fully saturated rings. The van der Waals surface area contributed by atoms with Gasteiger partial charge in [0.15, 0.2) is 0 Å². The van der Waals surface area contributed by atoms with Gasteiger partial charge in [-0.2, -0.15) is 0 Å². The molecule has 1 amide bonds. The average molecular weight is 328 g/mol. The minimum atomic E-state index is -0.935. The van der Waals surface area contributed by atoms with Crippen LogP contribution in [0.2, 0.25) is 0 Å². The molecule has 1 aromatic carbocycles. The summed E-state index contributed by atoms with van der Waals surface area (Å²) in [6, 6.07) is 5.43. The normalized spacial score (nSPS) is 13.7. The van der Waals surface area contributed by atoms with Crippen molar-refractivity contribution in [1.82, 2.24) is 5.32 Å². The van der Waals surface area contributed by atoms with Gasteiger partial charge in [0.05, 0.1) is 5.41 Å². The lowest BCUT2D eigenvalue weighted by Gasteiger charge is -2.23. The molecule has 0 aliphatic heterocycles. The smallest absolute Gasteiger partial charge is 0.311 e. The number of amides is 1. The Morgan fingerprint density at radius 2 is 2.05 bits per heavy atom. The van der Waals surface area contributed by atoms with Gasteiger partial charge in [0, 0.05) is 16.6 Å². The molecular formula is C14H18BrNO3. The number of carbonyl (C=O) groups excluding carboxylic acids is 1. The summed E-state index contributed by atoms with van der Waals surface area (Å²) in [6.45, 7) is 5.38. The first kappa shape index (κ1) is 15.7. The zero-order chi connectivity index (χ0) is 14.6. The summed E-state index contributed by atoms with van der Waals surface area (Å²) in [5.74, 6) is -1.15. The molecule has 1 unspecified atom stereocenters. The molecule has 0 bridgehead atoms. The van der Waals surface area contributed by atoms with Crippen molar-refractivity contribution in [2.45, 2.75) is 27.2 Å². The molecule has 4 nitrogen and oxygen atoms in total. The third kappa shape index (κ3) is 3.80. The predicted molar refractivity (Wildman–Crippen MR) is 77.2 cm³/mol. The zero-order valence-electron chi connectivity index (χ0n) is 11.3. The number of halogens is 1. The minimum absolute atomic E-state index is 0.115. The van der Waals surface area contributed by atoms with E-state index in [0.717, 1.165) is 10.0 Å². The zero-order valence-corrected chi connectivity index (χ0v) is 12.9. The maximum Gasteiger partial charge on any atom is 0.311 e. The van der Waals surface area contributed by atoms with Crippen LogP contribution >= 0.6 is 15.9 Å². The van der Waals surface area contributed by atoms with Gasteiger partial charge in [-0.15, -0.1) is 0 Å². The standard InChI is InChI=1S/C14H18BrNO3/c1-4-14(3,13(18)19)8-16-12(17)11-7-10(15)6-5-9(11)2/h5-7H,4,8H2,1-3H3,(H,16,17)(H,18,19). The van der Waals surface area contributed by atoms with Crippen LogP contribution in [-0.2, 0) is 4.79 Å². The summed E-state index contributed by atoms with van der Waals surface area (Å²) in [5, 5.41) is 11.9. The van der Waals surface area contributed by atoms with E-state index in [0.29, 0.717) is 12.0 Å². The highest BCUT2D eigenvalue weighted by molar-refractivity contribution is 9.10. The van der Waals surface area contributed by atoms with Crippen LogP contribution in [-0.4, -0.2) is 23.5 Å². The molecule has 0 saturated heterocycles. The average Bonchev–Trinajstić information content (AvgIpc) is 2.38. The van der Waals surface area contributed by atoms with Gasteiger partial charge in [0.1, 0.15) is 0 Å². The summed E-state index contributed by atoms with van der Waals surface area (Å²) >= 11 is 3.32. The molecule has 2 N–H and O–H groups in total. The van der Waals surface area contributed by atoms with Gasteiger partial charge in [-0.05, 0) is 38.0 Å².